The molecule has 0 heterocycles. The lowest BCUT2D eigenvalue weighted by molar-refractivity contribution is -0.384. The van der Waals surface area contributed by atoms with Crippen molar-refractivity contribution in [1.82, 2.24) is 5.32 Å². The number of nitro groups is 1. The maximum Gasteiger partial charge on any atom is 0.269 e. The summed E-state index contributed by atoms with van der Waals surface area (Å²) in [6.07, 6.45) is 2.89. The molecule has 0 amide bonds. The first-order chi connectivity index (χ1) is 9.33. The average molecular weight is 300 g/mol. The summed E-state index contributed by atoms with van der Waals surface area (Å²) in [4.78, 5) is 10.4. The predicted molar refractivity (Wildman–Crippen MR) is 78.5 cm³/mol. The summed E-state index contributed by atoms with van der Waals surface area (Å²) in [7, 11) is -3.01. The molecule has 0 aromatic heterocycles. The van der Waals surface area contributed by atoms with Crippen molar-refractivity contribution in [3.05, 3.63) is 39.9 Å². The van der Waals surface area contributed by atoms with Crippen LogP contribution in [-0.2, 0) is 9.84 Å². The Labute approximate surface area is 119 Å². The summed E-state index contributed by atoms with van der Waals surface area (Å²) >= 11 is 0. The predicted octanol–water partition coefficient (Wildman–Crippen LogP) is 2.07. The third kappa shape index (κ3) is 5.66. The minimum Gasteiger partial charge on any atom is -0.309 e. The molecule has 1 atom stereocenters. The largest absolute Gasteiger partial charge is 0.309 e. The van der Waals surface area contributed by atoms with Gasteiger partial charge in [0.1, 0.15) is 9.84 Å². The van der Waals surface area contributed by atoms with Gasteiger partial charge in [-0.1, -0.05) is 25.5 Å². The van der Waals surface area contributed by atoms with E-state index in [2.05, 4.69) is 5.32 Å². The van der Waals surface area contributed by atoms with Crippen LogP contribution in [0, 0.1) is 10.1 Å². The van der Waals surface area contributed by atoms with Gasteiger partial charge in [0.2, 0.25) is 0 Å². The monoisotopic (exact) mass is 300 g/mol. The van der Waals surface area contributed by atoms with E-state index in [0.717, 1.165) is 18.4 Å². The normalized spacial score (nSPS) is 13.1. The molecule has 1 N–H and O–H groups in total. The molecule has 0 fully saturated rings. The topological polar surface area (TPSA) is 89.3 Å². The fourth-order valence-corrected chi connectivity index (χ4v) is 2.44. The van der Waals surface area contributed by atoms with Crippen LogP contribution in [0.4, 0.5) is 5.69 Å². The molecule has 0 aliphatic carbocycles. The maximum atomic E-state index is 11.1. The van der Waals surface area contributed by atoms with Crippen LogP contribution in [0.1, 0.15) is 31.4 Å². The number of nitro benzene ring substituents is 1. The van der Waals surface area contributed by atoms with Crippen molar-refractivity contribution in [2.24, 2.45) is 0 Å². The zero-order chi connectivity index (χ0) is 15.2. The Hall–Kier alpha value is -1.47. The molecular weight excluding hydrogens is 280 g/mol. The lowest BCUT2D eigenvalue weighted by Crippen LogP contribution is -2.27. The van der Waals surface area contributed by atoms with Gasteiger partial charge in [-0.25, -0.2) is 8.42 Å². The van der Waals surface area contributed by atoms with E-state index in [9.17, 15) is 18.5 Å². The van der Waals surface area contributed by atoms with Gasteiger partial charge in [0, 0.05) is 31.0 Å². The molecule has 0 spiro atoms. The molecule has 112 valence electrons. The second kappa shape index (κ2) is 7.35. The van der Waals surface area contributed by atoms with Crippen molar-refractivity contribution in [3.63, 3.8) is 0 Å². The number of nitrogens with one attached hydrogen (secondary N) is 1. The van der Waals surface area contributed by atoms with E-state index in [0.29, 0.717) is 6.54 Å². The molecule has 0 saturated carbocycles. The Bertz CT molecular complexity index is 557. The van der Waals surface area contributed by atoms with E-state index in [-0.39, 0.29) is 17.5 Å². The average Bonchev–Trinajstić information content (AvgIpc) is 2.36. The molecule has 0 radical (unpaired) electrons. The molecule has 0 aliphatic rings. The van der Waals surface area contributed by atoms with Gasteiger partial charge in [-0.2, -0.15) is 0 Å². The van der Waals surface area contributed by atoms with Crippen LogP contribution in [-0.4, -0.2) is 31.9 Å². The van der Waals surface area contributed by atoms with Crippen LogP contribution >= 0.6 is 0 Å². The molecule has 7 heteroatoms. The van der Waals surface area contributed by atoms with Crippen molar-refractivity contribution < 1.29 is 13.3 Å². The Morgan fingerprint density at radius 3 is 2.65 bits per heavy atom. The second-order valence-electron chi connectivity index (χ2n) is 4.78. The number of nitrogens with zero attached hydrogens (tertiary/aromatic N) is 1. The van der Waals surface area contributed by atoms with Crippen LogP contribution in [0.15, 0.2) is 24.3 Å². The second-order valence-corrected chi connectivity index (χ2v) is 7.04. The van der Waals surface area contributed by atoms with Gasteiger partial charge in [-0.3, -0.25) is 10.1 Å². The Morgan fingerprint density at radius 2 is 2.10 bits per heavy atom. The molecule has 6 nitrogen and oxygen atoms in total. The molecule has 1 rings (SSSR count). The SMILES string of the molecule is CCCC(NCCS(C)(=O)=O)c1cccc([N+](=O)[O-])c1. The number of hydrogen-bond donors (Lipinski definition) is 1. The quantitative estimate of drug-likeness (QED) is 0.586. The standard InChI is InChI=1S/C13H20N2O4S/c1-3-5-13(14-8-9-20(2,18)19)11-6-4-7-12(10-11)15(16)17/h4,6-7,10,13-14H,3,5,8-9H2,1-2H3. The molecule has 1 aromatic carbocycles. The van der Waals surface area contributed by atoms with Crippen molar-refractivity contribution in [3.8, 4) is 0 Å². The van der Waals surface area contributed by atoms with E-state index >= 15 is 0 Å². The molecular formula is C13H20N2O4S. The third-order valence-electron chi connectivity index (χ3n) is 2.92. The zero-order valence-electron chi connectivity index (χ0n) is 11.7. The highest BCUT2D eigenvalue weighted by Gasteiger charge is 2.14. The van der Waals surface area contributed by atoms with Crippen molar-refractivity contribution in [1.29, 1.82) is 0 Å². The number of non-ortho nitro benzene ring substituents is 1. The minimum absolute atomic E-state index is 0.0496. The first-order valence-corrected chi connectivity index (χ1v) is 8.55. The maximum absolute atomic E-state index is 11.1. The van der Waals surface area contributed by atoms with Gasteiger partial charge < -0.3 is 5.32 Å². The van der Waals surface area contributed by atoms with Gasteiger partial charge >= 0.3 is 0 Å². The van der Waals surface area contributed by atoms with Crippen LogP contribution in [0.3, 0.4) is 0 Å². The van der Waals surface area contributed by atoms with Gasteiger partial charge in [-0.15, -0.1) is 0 Å². The van der Waals surface area contributed by atoms with Gasteiger partial charge in [-0.05, 0) is 12.0 Å². The summed E-state index contributed by atoms with van der Waals surface area (Å²) in [5.74, 6) is 0.0577. The zero-order valence-corrected chi connectivity index (χ0v) is 12.5. The van der Waals surface area contributed by atoms with Crippen molar-refractivity contribution in [2.45, 2.75) is 25.8 Å². The number of sulfone groups is 1. The molecule has 0 bridgehead atoms. The van der Waals surface area contributed by atoms with Gasteiger partial charge in [0.05, 0.1) is 10.7 Å². The highest BCUT2D eigenvalue weighted by Crippen LogP contribution is 2.22. The minimum atomic E-state index is -3.01. The summed E-state index contributed by atoms with van der Waals surface area (Å²) in [6.45, 7) is 2.36. The summed E-state index contributed by atoms with van der Waals surface area (Å²) in [5, 5.41) is 13.9. The van der Waals surface area contributed by atoms with Crippen molar-refractivity contribution in [2.75, 3.05) is 18.6 Å². The first kappa shape index (κ1) is 16.6. The Balaban J connectivity index is 2.79. The molecule has 1 aromatic rings. The summed E-state index contributed by atoms with van der Waals surface area (Å²) < 4.78 is 22.2. The smallest absolute Gasteiger partial charge is 0.269 e. The lowest BCUT2D eigenvalue weighted by atomic mass is 10.0. The highest BCUT2D eigenvalue weighted by atomic mass is 32.2. The van der Waals surface area contributed by atoms with Gasteiger partial charge in [0.15, 0.2) is 0 Å². The summed E-state index contributed by atoms with van der Waals surface area (Å²) in [6, 6.07) is 6.38. The van der Waals surface area contributed by atoms with E-state index in [1.165, 1.54) is 18.4 Å². The molecule has 20 heavy (non-hydrogen) atoms. The third-order valence-corrected chi connectivity index (χ3v) is 3.87. The lowest BCUT2D eigenvalue weighted by Gasteiger charge is -2.18. The van der Waals surface area contributed by atoms with Crippen molar-refractivity contribution >= 4 is 15.5 Å². The molecule has 1 unspecified atom stereocenters. The van der Waals surface area contributed by atoms with E-state index < -0.39 is 14.8 Å². The number of hydrogen-bond acceptors (Lipinski definition) is 5. The highest BCUT2D eigenvalue weighted by molar-refractivity contribution is 7.90. The van der Waals surface area contributed by atoms with Crippen LogP contribution in [0.2, 0.25) is 0 Å². The number of rotatable bonds is 8. The van der Waals surface area contributed by atoms with Gasteiger partial charge in [0.25, 0.3) is 5.69 Å². The Morgan fingerprint density at radius 1 is 1.40 bits per heavy atom. The fraction of sp³-hybridized carbons (Fsp3) is 0.538. The first-order valence-electron chi connectivity index (χ1n) is 6.49. The Kier molecular flexibility index (Phi) is 6.09. The van der Waals surface area contributed by atoms with E-state index in [4.69, 9.17) is 0 Å². The summed E-state index contributed by atoms with van der Waals surface area (Å²) in [5.41, 5.74) is 0.864. The van der Waals surface area contributed by atoms with Crippen LogP contribution in [0.5, 0.6) is 0 Å². The van der Waals surface area contributed by atoms with E-state index in [1.54, 1.807) is 6.07 Å². The number of benzene rings is 1. The molecule has 0 aliphatic heterocycles. The van der Waals surface area contributed by atoms with E-state index in [1.807, 2.05) is 13.0 Å². The van der Waals surface area contributed by atoms with Crippen LogP contribution < -0.4 is 5.32 Å². The molecule has 0 saturated heterocycles. The fourth-order valence-electron chi connectivity index (χ4n) is 1.95. The van der Waals surface area contributed by atoms with Crippen LogP contribution in [0.25, 0.3) is 0 Å².